The monoisotopic (exact) mass is 441 g/mol. The minimum absolute atomic E-state index is 0.0707. The Hall–Kier alpha value is -2.21. The average Bonchev–Trinajstić information content (AvgIpc) is 2.65. The van der Waals surface area contributed by atoms with Crippen LogP contribution in [-0.4, -0.2) is 51.4 Å². The molecule has 0 N–H and O–H groups in total. The molecule has 1 aromatic rings. The van der Waals surface area contributed by atoms with E-state index in [2.05, 4.69) is 58.6 Å². The Morgan fingerprint density at radius 1 is 1.13 bits per heavy atom. The van der Waals surface area contributed by atoms with E-state index in [1.807, 2.05) is 13.8 Å². The van der Waals surface area contributed by atoms with E-state index in [9.17, 15) is 9.59 Å². The summed E-state index contributed by atoms with van der Waals surface area (Å²) in [5, 5.41) is 0.294. The Balaban J connectivity index is 2.14. The van der Waals surface area contributed by atoms with Gasteiger partial charge in [-0.1, -0.05) is 6.92 Å². The van der Waals surface area contributed by atoms with Crippen LogP contribution in [0.2, 0.25) is 0 Å². The van der Waals surface area contributed by atoms with Gasteiger partial charge in [0.05, 0.1) is 0 Å². The number of carbonyl (C=O) groups is 2. The first kappa shape index (κ1) is 23.5. The summed E-state index contributed by atoms with van der Waals surface area (Å²) in [5.41, 5.74) is 4.76. The first-order chi connectivity index (χ1) is 14.4. The maximum Gasteiger partial charge on any atom is 0.265 e. The lowest BCUT2D eigenvalue weighted by molar-refractivity contribution is -0.133. The molecule has 0 aliphatic carbocycles. The van der Waals surface area contributed by atoms with Gasteiger partial charge in [0.2, 0.25) is 0 Å². The standard InChI is InChI=1S/C25H35N3O2S/c1-9-26-22(29)20(23(30)27(10-2)24(26)31)13-18-12-19-17(6)14-25(7,8)28(15(3)4)21(19)11-16(18)5/h11-13,15,17H,9-10,14H2,1-8H3. The number of carbonyl (C=O) groups excluding carboxylic acids is 2. The van der Waals surface area contributed by atoms with Crippen molar-refractivity contribution in [1.29, 1.82) is 0 Å². The van der Waals surface area contributed by atoms with Crippen molar-refractivity contribution in [2.75, 3.05) is 18.0 Å². The molecule has 3 rings (SSSR count). The van der Waals surface area contributed by atoms with E-state index < -0.39 is 0 Å². The Bertz CT molecular complexity index is 936. The fourth-order valence-corrected chi connectivity index (χ4v) is 5.71. The molecular formula is C25H35N3O2S. The van der Waals surface area contributed by atoms with Gasteiger partial charge in [-0.3, -0.25) is 19.4 Å². The molecule has 2 aliphatic heterocycles. The number of anilines is 1. The van der Waals surface area contributed by atoms with Crippen molar-refractivity contribution in [3.63, 3.8) is 0 Å². The highest BCUT2D eigenvalue weighted by atomic mass is 32.1. The summed E-state index contributed by atoms with van der Waals surface area (Å²) < 4.78 is 0. The van der Waals surface area contributed by atoms with Crippen molar-refractivity contribution in [3.05, 3.63) is 34.4 Å². The van der Waals surface area contributed by atoms with E-state index in [0.717, 1.165) is 17.5 Å². The molecule has 2 aliphatic rings. The number of aryl methyl sites for hydroxylation is 1. The van der Waals surface area contributed by atoms with Crippen LogP contribution in [-0.2, 0) is 9.59 Å². The van der Waals surface area contributed by atoms with Crippen molar-refractivity contribution in [2.24, 2.45) is 0 Å². The Morgan fingerprint density at radius 3 is 2.16 bits per heavy atom. The van der Waals surface area contributed by atoms with E-state index in [0.29, 0.717) is 30.2 Å². The minimum Gasteiger partial charge on any atom is -0.364 e. The molecule has 0 spiro atoms. The zero-order valence-corrected chi connectivity index (χ0v) is 20.9. The number of hydrogen-bond acceptors (Lipinski definition) is 4. The predicted octanol–water partition coefficient (Wildman–Crippen LogP) is 4.87. The number of hydrogen-bond donors (Lipinski definition) is 0. The number of rotatable bonds is 4. The van der Waals surface area contributed by atoms with Gasteiger partial charge in [-0.05, 0) is 108 Å². The molecule has 0 saturated carbocycles. The molecule has 5 nitrogen and oxygen atoms in total. The van der Waals surface area contributed by atoms with E-state index in [-0.39, 0.29) is 22.9 Å². The fraction of sp³-hybridized carbons (Fsp3) is 0.560. The van der Waals surface area contributed by atoms with E-state index in [1.165, 1.54) is 21.1 Å². The zero-order valence-electron chi connectivity index (χ0n) is 20.1. The van der Waals surface area contributed by atoms with Crippen LogP contribution < -0.4 is 4.90 Å². The fourth-order valence-electron chi connectivity index (χ4n) is 5.29. The van der Waals surface area contributed by atoms with Crippen LogP contribution in [0.1, 0.15) is 77.5 Å². The summed E-state index contributed by atoms with van der Waals surface area (Å²) in [5.74, 6) is -0.225. The lowest BCUT2D eigenvalue weighted by Crippen LogP contribution is -2.55. The van der Waals surface area contributed by atoms with Crippen LogP contribution in [0.15, 0.2) is 17.7 Å². The third kappa shape index (κ3) is 3.91. The van der Waals surface area contributed by atoms with Gasteiger partial charge in [-0.2, -0.15) is 0 Å². The van der Waals surface area contributed by atoms with Crippen LogP contribution in [0.25, 0.3) is 6.08 Å². The Labute approximate surface area is 192 Å². The lowest BCUT2D eigenvalue weighted by Gasteiger charge is -2.50. The number of nitrogens with zero attached hydrogens (tertiary/aromatic N) is 3. The van der Waals surface area contributed by atoms with E-state index in [4.69, 9.17) is 12.2 Å². The summed E-state index contributed by atoms with van der Waals surface area (Å²) in [6.07, 6.45) is 2.82. The third-order valence-corrected chi connectivity index (χ3v) is 6.97. The molecule has 1 saturated heterocycles. The lowest BCUT2D eigenvalue weighted by atomic mass is 9.78. The molecule has 0 radical (unpaired) electrons. The molecule has 1 unspecified atom stereocenters. The van der Waals surface area contributed by atoms with Crippen LogP contribution in [0, 0.1) is 6.92 Å². The molecule has 31 heavy (non-hydrogen) atoms. The van der Waals surface area contributed by atoms with Gasteiger partial charge < -0.3 is 4.90 Å². The van der Waals surface area contributed by atoms with Gasteiger partial charge in [0.15, 0.2) is 5.11 Å². The molecule has 1 aromatic carbocycles. The summed E-state index contributed by atoms with van der Waals surface area (Å²) >= 11 is 5.38. The van der Waals surface area contributed by atoms with Gasteiger partial charge in [-0.15, -0.1) is 0 Å². The molecule has 2 heterocycles. The maximum absolute atomic E-state index is 13.0. The van der Waals surface area contributed by atoms with Crippen molar-refractivity contribution in [2.45, 2.75) is 79.3 Å². The quantitative estimate of drug-likeness (QED) is 0.380. The molecule has 0 aromatic heterocycles. The van der Waals surface area contributed by atoms with Gasteiger partial charge >= 0.3 is 0 Å². The van der Waals surface area contributed by atoms with Gasteiger partial charge in [0.1, 0.15) is 5.57 Å². The van der Waals surface area contributed by atoms with E-state index in [1.54, 1.807) is 6.08 Å². The van der Waals surface area contributed by atoms with Crippen molar-refractivity contribution < 1.29 is 9.59 Å². The molecule has 0 bridgehead atoms. The maximum atomic E-state index is 13.0. The van der Waals surface area contributed by atoms with Gasteiger partial charge in [0, 0.05) is 30.4 Å². The molecule has 1 atom stereocenters. The summed E-state index contributed by atoms with van der Waals surface area (Å²) in [6.45, 7) is 18.0. The number of amides is 2. The third-order valence-electron chi connectivity index (χ3n) is 6.53. The van der Waals surface area contributed by atoms with Gasteiger partial charge in [0.25, 0.3) is 11.8 Å². The van der Waals surface area contributed by atoms with Crippen LogP contribution in [0.4, 0.5) is 5.69 Å². The molecule has 168 valence electrons. The molecule has 2 amide bonds. The highest BCUT2D eigenvalue weighted by Gasteiger charge is 2.39. The minimum atomic E-state index is -0.308. The summed E-state index contributed by atoms with van der Waals surface area (Å²) in [7, 11) is 0. The van der Waals surface area contributed by atoms with Crippen molar-refractivity contribution in [3.8, 4) is 0 Å². The molecule has 6 heteroatoms. The Kier molecular flexibility index (Phi) is 6.34. The average molecular weight is 442 g/mol. The SMILES string of the molecule is CCN1C(=O)C(=Cc2cc3c(cc2C)N(C(C)C)C(C)(C)CC3C)C(=O)N(CC)C1=S. The molecule has 1 fully saturated rings. The first-order valence-corrected chi connectivity index (χ1v) is 11.7. The number of benzene rings is 1. The number of thiocarbonyl (C=S) groups is 1. The molecular weight excluding hydrogens is 406 g/mol. The second-order valence-electron chi connectivity index (χ2n) is 9.59. The summed E-state index contributed by atoms with van der Waals surface area (Å²) in [4.78, 5) is 31.6. The van der Waals surface area contributed by atoms with Crippen LogP contribution in [0.5, 0.6) is 0 Å². The van der Waals surface area contributed by atoms with Gasteiger partial charge in [-0.25, -0.2) is 0 Å². The topological polar surface area (TPSA) is 43.9 Å². The predicted molar refractivity (Wildman–Crippen MR) is 131 cm³/mol. The number of fused-ring (bicyclic) bond motifs is 1. The normalized spacial score (nSPS) is 21.2. The highest BCUT2D eigenvalue weighted by molar-refractivity contribution is 7.80. The van der Waals surface area contributed by atoms with Crippen molar-refractivity contribution in [1.82, 2.24) is 9.80 Å². The first-order valence-electron chi connectivity index (χ1n) is 11.3. The summed E-state index contributed by atoms with van der Waals surface area (Å²) in [6, 6.07) is 4.77. The van der Waals surface area contributed by atoms with Crippen LogP contribution >= 0.6 is 12.2 Å². The second kappa shape index (κ2) is 8.38. The zero-order chi connectivity index (χ0) is 23.2. The Morgan fingerprint density at radius 2 is 1.68 bits per heavy atom. The van der Waals surface area contributed by atoms with Crippen molar-refractivity contribution >= 4 is 40.9 Å². The van der Waals surface area contributed by atoms with Crippen LogP contribution in [0.3, 0.4) is 0 Å². The second-order valence-corrected chi connectivity index (χ2v) is 9.95. The van der Waals surface area contributed by atoms with E-state index >= 15 is 0 Å². The number of likely N-dealkylation sites (N-methyl/N-ethyl adjacent to an activating group) is 2. The highest BCUT2D eigenvalue weighted by Crippen LogP contribution is 2.45. The largest absolute Gasteiger partial charge is 0.364 e. The smallest absolute Gasteiger partial charge is 0.265 e.